The van der Waals surface area contributed by atoms with Crippen LogP contribution in [0.4, 0.5) is 10.5 Å². The molecule has 4 N–H and O–H groups in total. The predicted octanol–water partition coefficient (Wildman–Crippen LogP) is 3.60. The lowest BCUT2D eigenvalue weighted by molar-refractivity contribution is 0.0527. The van der Waals surface area contributed by atoms with Crippen LogP contribution in [0.25, 0.3) is 0 Å². The van der Waals surface area contributed by atoms with Gasteiger partial charge < -0.3 is 21.1 Å². The number of anilines is 1. The molecule has 0 fully saturated rings. The summed E-state index contributed by atoms with van der Waals surface area (Å²) in [5.74, 6) is 0.448. The van der Waals surface area contributed by atoms with Crippen molar-refractivity contribution in [1.29, 1.82) is 0 Å². The standard InChI is InChI=1S/C20H32N4O2/c1-20(2,3)26-19(25)23-14-7-6-13-22-18(21)24-17-12-8-10-15-9-4-5-11-16(15)17/h8,10,12H,4-7,9,11,13-14H2,1-3H3,(H,23,25)(H3,21,22,24). The van der Waals surface area contributed by atoms with Gasteiger partial charge in [0.05, 0.1) is 0 Å². The largest absolute Gasteiger partial charge is 0.444 e. The molecule has 0 spiro atoms. The number of ether oxygens (including phenoxy) is 1. The van der Waals surface area contributed by atoms with Crippen molar-refractivity contribution in [2.75, 3.05) is 18.4 Å². The number of carbonyl (C=O) groups is 1. The van der Waals surface area contributed by atoms with Crippen LogP contribution in [0.2, 0.25) is 0 Å². The minimum Gasteiger partial charge on any atom is -0.444 e. The minimum absolute atomic E-state index is 0.379. The fourth-order valence-corrected chi connectivity index (χ4v) is 3.02. The summed E-state index contributed by atoms with van der Waals surface area (Å²) in [7, 11) is 0. The van der Waals surface area contributed by atoms with Gasteiger partial charge in [0, 0.05) is 18.8 Å². The Morgan fingerprint density at radius 3 is 2.77 bits per heavy atom. The van der Waals surface area contributed by atoms with Crippen molar-refractivity contribution in [1.82, 2.24) is 5.32 Å². The van der Waals surface area contributed by atoms with Crippen LogP contribution in [0.5, 0.6) is 0 Å². The highest BCUT2D eigenvalue weighted by atomic mass is 16.6. The number of alkyl carbamates (subject to hydrolysis) is 1. The van der Waals surface area contributed by atoms with Crippen molar-refractivity contribution < 1.29 is 9.53 Å². The molecule has 0 aromatic heterocycles. The van der Waals surface area contributed by atoms with Crippen LogP contribution >= 0.6 is 0 Å². The molecule has 0 saturated heterocycles. The predicted molar refractivity (Wildman–Crippen MR) is 107 cm³/mol. The number of rotatable bonds is 6. The Bertz CT molecular complexity index is 635. The summed E-state index contributed by atoms with van der Waals surface area (Å²) in [5, 5.41) is 5.99. The molecular weight excluding hydrogens is 328 g/mol. The summed E-state index contributed by atoms with van der Waals surface area (Å²) in [6.45, 7) is 6.75. The zero-order chi connectivity index (χ0) is 19.0. The van der Waals surface area contributed by atoms with Crippen LogP contribution in [0.3, 0.4) is 0 Å². The number of hydrogen-bond acceptors (Lipinski definition) is 3. The number of unbranched alkanes of at least 4 members (excludes halogenated alkanes) is 1. The summed E-state index contributed by atoms with van der Waals surface area (Å²) in [6, 6.07) is 6.34. The zero-order valence-corrected chi connectivity index (χ0v) is 16.2. The molecular formula is C20H32N4O2. The van der Waals surface area contributed by atoms with Crippen LogP contribution in [-0.4, -0.2) is 30.7 Å². The SMILES string of the molecule is CC(C)(C)OC(=O)NCCCCN=C(N)Nc1cccc2c1CCCC2. The fraction of sp³-hybridized carbons (Fsp3) is 0.600. The molecule has 0 unspecified atom stereocenters. The number of aliphatic imine (C=N–C) groups is 1. The average molecular weight is 361 g/mol. The van der Waals surface area contributed by atoms with Crippen molar-refractivity contribution in [3.63, 3.8) is 0 Å². The van der Waals surface area contributed by atoms with Crippen molar-refractivity contribution in [2.24, 2.45) is 10.7 Å². The maximum Gasteiger partial charge on any atom is 0.407 e. The molecule has 144 valence electrons. The van der Waals surface area contributed by atoms with Gasteiger partial charge in [-0.3, -0.25) is 4.99 Å². The first kappa shape index (κ1) is 20.1. The summed E-state index contributed by atoms with van der Waals surface area (Å²) in [5.41, 5.74) is 9.42. The summed E-state index contributed by atoms with van der Waals surface area (Å²) in [6.07, 6.45) is 6.04. The monoisotopic (exact) mass is 360 g/mol. The lowest BCUT2D eigenvalue weighted by Gasteiger charge is -2.20. The second-order valence-electron chi connectivity index (χ2n) is 7.68. The second kappa shape index (κ2) is 9.46. The number of aryl methyl sites for hydroxylation is 1. The van der Waals surface area contributed by atoms with Gasteiger partial charge in [0.2, 0.25) is 0 Å². The lowest BCUT2D eigenvalue weighted by atomic mass is 9.90. The molecule has 0 bridgehead atoms. The van der Waals surface area contributed by atoms with Gasteiger partial charge >= 0.3 is 6.09 Å². The van der Waals surface area contributed by atoms with Gasteiger partial charge in [-0.2, -0.15) is 0 Å². The number of hydrogen-bond donors (Lipinski definition) is 3. The van der Waals surface area contributed by atoms with E-state index in [-0.39, 0.29) is 6.09 Å². The van der Waals surface area contributed by atoms with E-state index in [1.54, 1.807) is 0 Å². The second-order valence-corrected chi connectivity index (χ2v) is 7.68. The summed E-state index contributed by atoms with van der Waals surface area (Å²) in [4.78, 5) is 15.9. The van der Waals surface area contributed by atoms with Crippen LogP contribution in [0.1, 0.15) is 57.6 Å². The van der Waals surface area contributed by atoms with E-state index in [1.165, 1.54) is 24.0 Å². The molecule has 1 aliphatic carbocycles. The highest BCUT2D eigenvalue weighted by Crippen LogP contribution is 2.27. The summed E-state index contributed by atoms with van der Waals surface area (Å²) >= 11 is 0. The lowest BCUT2D eigenvalue weighted by Crippen LogP contribution is -2.33. The molecule has 6 nitrogen and oxygen atoms in total. The molecule has 1 aromatic carbocycles. The maximum absolute atomic E-state index is 11.5. The number of carbonyl (C=O) groups excluding carboxylic acids is 1. The molecule has 1 aliphatic rings. The molecule has 6 heteroatoms. The third-order valence-corrected chi connectivity index (χ3v) is 4.19. The van der Waals surface area contributed by atoms with E-state index in [9.17, 15) is 4.79 Å². The van der Waals surface area contributed by atoms with Crippen LogP contribution in [0.15, 0.2) is 23.2 Å². The number of nitrogens with zero attached hydrogens (tertiary/aromatic N) is 1. The zero-order valence-electron chi connectivity index (χ0n) is 16.2. The van der Waals surface area contributed by atoms with Gasteiger partial charge in [-0.15, -0.1) is 0 Å². The Morgan fingerprint density at radius 1 is 1.23 bits per heavy atom. The van der Waals surface area contributed by atoms with Gasteiger partial charge in [0.25, 0.3) is 0 Å². The van der Waals surface area contributed by atoms with E-state index < -0.39 is 5.60 Å². The fourth-order valence-electron chi connectivity index (χ4n) is 3.02. The first-order valence-corrected chi connectivity index (χ1v) is 9.50. The van der Waals surface area contributed by atoms with Crippen LogP contribution < -0.4 is 16.4 Å². The molecule has 1 amide bonds. The van der Waals surface area contributed by atoms with Gasteiger partial charge in [0.15, 0.2) is 5.96 Å². The Labute approximate surface area is 156 Å². The van der Waals surface area contributed by atoms with Crippen molar-refractivity contribution >= 4 is 17.7 Å². The van der Waals surface area contributed by atoms with E-state index in [2.05, 4.69) is 33.8 Å². The molecule has 2 rings (SSSR count). The molecule has 26 heavy (non-hydrogen) atoms. The molecule has 0 radical (unpaired) electrons. The Morgan fingerprint density at radius 2 is 2.00 bits per heavy atom. The van der Waals surface area contributed by atoms with E-state index in [1.807, 2.05) is 20.8 Å². The molecule has 0 saturated carbocycles. The quantitative estimate of drug-likeness (QED) is 0.411. The number of amides is 1. The van der Waals surface area contributed by atoms with Crippen LogP contribution in [-0.2, 0) is 17.6 Å². The van der Waals surface area contributed by atoms with E-state index in [4.69, 9.17) is 10.5 Å². The summed E-state index contributed by atoms with van der Waals surface area (Å²) < 4.78 is 5.19. The number of nitrogens with one attached hydrogen (secondary N) is 2. The molecule has 0 aliphatic heterocycles. The van der Waals surface area contributed by atoms with E-state index >= 15 is 0 Å². The highest BCUT2D eigenvalue weighted by Gasteiger charge is 2.15. The van der Waals surface area contributed by atoms with Crippen molar-refractivity contribution in [2.45, 2.75) is 64.9 Å². The highest BCUT2D eigenvalue weighted by molar-refractivity contribution is 5.93. The number of guanidine groups is 1. The third-order valence-electron chi connectivity index (χ3n) is 4.19. The number of nitrogens with two attached hydrogens (primary N) is 1. The molecule has 0 heterocycles. The Kier molecular flexibility index (Phi) is 7.30. The van der Waals surface area contributed by atoms with Crippen molar-refractivity contribution in [3.05, 3.63) is 29.3 Å². The molecule has 0 atom stereocenters. The van der Waals surface area contributed by atoms with Gasteiger partial charge in [-0.1, -0.05) is 12.1 Å². The molecule has 1 aromatic rings. The minimum atomic E-state index is -0.467. The first-order chi connectivity index (χ1) is 12.3. The van der Waals surface area contributed by atoms with Crippen LogP contribution in [0, 0.1) is 0 Å². The van der Waals surface area contributed by atoms with Gasteiger partial charge in [-0.25, -0.2) is 4.79 Å². The van der Waals surface area contributed by atoms with Gasteiger partial charge in [0.1, 0.15) is 5.60 Å². The average Bonchev–Trinajstić information content (AvgIpc) is 2.57. The van der Waals surface area contributed by atoms with Crippen molar-refractivity contribution in [3.8, 4) is 0 Å². The Balaban J connectivity index is 1.69. The number of benzene rings is 1. The normalized spacial score (nSPS) is 14.5. The van der Waals surface area contributed by atoms with E-state index in [0.29, 0.717) is 19.0 Å². The first-order valence-electron chi connectivity index (χ1n) is 9.50. The topological polar surface area (TPSA) is 88.7 Å². The number of fused-ring (bicyclic) bond motifs is 1. The maximum atomic E-state index is 11.5. The van der Waals surface area contributed by atoms with Gasteiger partial charge in [-0.05, 0) is 76.5 Å². The smallest absolute Gasteiger partial charge is 0.407 e. The Hall–Kier alpha value is -2.24. The third kappa shape index (κ3) is 6.94. The van der Waals surface area contributed by atoms with E-state index in [0.717, 1.165) is 31.4 Å².